The first-order chi connectivity index (χ1) is 13.2. The van der Waals surface area contributed by atoms with E-state index in [4.69, 9.17) is 4.74 Å². The second-order valence-electron chi connectivity index (χ2n) is 5.96. The molecule has 0 fully saturated rings. The van der Waals surface area contributed by atoms with Crippen LogP contribution in [0.15, 0.2) is 41.6 Å². The average Bonchev–Trinajstić information content (AvgIpc) is 3.08. The molecule has 10 heteroatoms. The molecule has 27 heavy (non-hydrogen) atoms. The summed E-state index contributed by atoms with van der Waals surface area (Å²) in [4.78, 5) is 4.89. The fraction of sp³-hybridized carbons (Fsp3) is 0.294. The van der Waals surface area contributed by atoms with E-state index in [1.807, 2.05) is 0 Å². The molecule has 0 saturated heterocycles. The number of nitrogens with one attached hydrogen (secondary N) is 2. The Hall–Kier alpha value is -2.43. The van der Waals surface area contributed by atoms with Gasteiger partial charge in [0.05, 0.1) is 30.6 Å². The van der Waals surface area contributed by atoms with Crippen molar-refractivity contribution in [2.45, 2.75) is 17.4 Å². The highest BCUT2D eigenvalue weighted by atomic mass is 32.2. The van der Waals surface area contributed by atoms with Crippen molar-refractivity contribution in [1.29, 1.82) is 0 Å². The summed E-state index contributed by atoms with van der Waals surface area (Å²) in [6, 6.07) is 5.26. The summed E-state index contributed by atoms with van der Waals surface area (Å²) in [7, 11) is 0. The second kappa shape index (κ2) is 7.67. The molecule has 1 aliphatic heterocycles. The van der Waals surface area contributed by atoms with Gasteiger partial charge in [0, 0.05) is 18.2 Å². The van der Waals surface area contributed by atoms with E-state index in [2.05, 4.69) is 20.1 Å². The molecular weight excluding hydrogens is 376 g/mol. The van der Waals surface area contributed by atoms with E-state index in [1.54, 1.807) is 12.3 Å². The van der Waals surface area contributed by atoms with Crippen LogP contribution in [0.25, 0.3) is 5.65 Å². The molecule has 7 nitrogen and oxygen atoms in total. The number of rotatable bonds is 2. The highest BCUT2D eigenvalue weighted by molar-refractivity contribution is 7.89. The normalized spacial score (nSPS) is 20.1. The van der Waals surface area contributed by atoms with Crippen LogP contribution in [0.1, 0.15) is 18.0 Å². The SMILES string of the molecule is [O-][S+]1NCCOc2ccc(F)cc2[C@@H](CCF)Nc2ccn3ncc1c3n2. The number of hydrogen-bond donors (Lipinski definition) is 2. The first kappa shape index (κ1) is 18.0. The van der Waals surface area contributed by atoms with Gasteiger partial charge < -0.3 is 14.6 Å². The summed E-state index contributed by atoms with van der Waals surface area (Å²) in [5.74, 6) is 0.445. The molecule has 4 rings (SSSR count). The smallest absolute Gasteiger partial charge is 0.238 e. The predicted octanol–water partition coefficient (Wildman–Crippen LogP) is 2.39. The predicted molar refractivity (Wildman–Crippen MR) is 96.2 cm³/mol. The van der Waals surface area contributed by atoms with Gasteiger partial charge in [-0.2, -0.15) is 5.10 Å². The Morgan fingerprint density at radius 1 is 1.37 bits per heavy atom. The number of hydrogen-bond acceptors (Lipinski definition) is 6. The van der Waals surface area contributed by atoms with Crippen LogP contribution in [0.4, 0.5) is 14.6 Å². The van der Waals surface area contributed by atoms with Crippen molar-refractivity contribution in [1.82, 2.24) is 19.3 Å². The number of anilines is 1. The summed E-state index contributed by atoms with van der Waals surface area (Å²) in [6.07, 6.45) is 3.27. The van der Waals surface area contributed by atoms with E-state index in [0.29, 0.717) is 34.2 Å². The van der Waals surface area contributed by atoms with Crippen LogP contribution in [-0.4, -0.2) is 39.0 Å². The first-order valence-corrected chi connectivity index (χ1v) is 9.55. The lowest BCUT2D eigenvalue weighted by molar-refractivity contribution is 0.316. The zero-order valence-electron chi connectivity index (χ0n) is 14.2. The summed E-state index contributed by atoms with van der Waals surface area (Å²) < 4.78 is 49.6. The maximum atomic E-state index is 13.8. The van der Waals surface area contributed by atoms with Gasteiger partial charge in [-0.3, -0.25) is 4.39 Å². The number of nitrogens with zero attached hydrogens (tertiary/aromatic N) is 3. The van der Waals surface area contributed by atoms with Crippen molar-refractivity contribution < 1.29 is 18.1 Å². The van der Waals surface area contributed by atoms with Crippen molar-refractivity contribution in [3.63, 3.8) is 0 Å². The number of ether oxygens (including phenoxy) is 1. The van der Waals surface area contributed by atoms with Gasteiger partial charge in [0.15, 0.2) is 0 Å². The van der Waals surface area contributed by atoms with Gasteiger partial charge in [0.1, 0.15) is 30.2 Å². The third-order valence-electron chi connectivity index (χ3n) is 4.20. The van der Waals surface area contributed by atoms with Crippen molar-refractivity contribution in [2.24, 2.45) is 0 Å². The molecule has 0 aliphatic carbocycles. The van der Waals surface area contributed by atoms with Crippen LogP contribution in [0.2, 0.25) is 0 Å². The van der Waals surface area contributed by atoms with E-state index in [-0.39, 0.29) is 13.0 Å². The number of halogens is 2. The van der Waals surface area contributed by atoms with Crippen molar-refractivity contribution in [2.75, 3.05) is 25.1 Å². The van der Waals surface area contributed by atoms with Gasteiger partial charge in [-0.1, -0.05) is 0 Å². The van der Waals surface area contributed by atoms with E-state index in [1.165, 1.54) is 28.9 Å². The van der Waals surface area contributed by atoms with Gasteiger partial charge in [-0.05, 0) is 24.3 Å². The molecule has 3 heterocycles. The van der Waals surface area contributed by atoms with E-state index >= 15 is 0 Å². The number of aromatic nitrogens is 3. The lowest BCUT2D eigenvalue weighted by Crippen LogP contribution is -2.28. The van der Waals surface area contributed by atoms with E-state index in [9.17, 15) is 13.3 Å². The molecule has 2 bridgehead atoms. The highest BCUT2D eigenvalue weighted by Gasteiger charge is 2.23. The van der Waals surface area contributed by atoms with Gasteiger partial charge >= 0.3 is 0 Å². The number of benzene rings is 1. The molecule has 0 radical (unpaired) electrons. The highest BCUT2D eigenvalue weighted by Crippen LogP contribution is 2.31. The van der Waals surface area contributed by atoms with Gasteiger partial charge in [-0.25, -0.2) is 13.9 Å². The zero-order chi connectivity index (χ0) is 18.8. The van der Waals surface area contributed by atoms with Crippen LogP contribution in [0, 0.1) is 5.82 Å². The second-order valence-corrected chi connectivity index (χ2v) is 7.22. The zero-order valence-corrected chi connectivity index (χ0v) is 15.0. The Kier molecular flexibility index (Phi) is 5.10. The van der Waals surface area contributed by atoms with Crippen LogP contribution in [-0.2, 0) is 11.4 Å². The first-order valence-electron chi connectivity index (χ1n) is 8.40. The van der Waals surface area contributed by atoms with Gasteiger partial charge in [-0.15, -0.1) is 4.72 Å². The molecule has 3 aromatic rings. The minimum absolute atomic E-state index is 0.114. The number of fused-ring (bicyclic) bond motifs is 2. The Balaban J connectivity index is 1.80. The minimum Gasteiger partial charge on any atom is -0.593 e. The topological polar surface area (TPSA) is 86.5 Å². The molecule has 2 aromatic heterocycles. The Bertz CT molecular complexity index is 954. The molecule has 0 saturated carbocycles. The fourth-order valence-corrected chi connectivity index (χ4v) is 3.82. The third-order valence-corrected chi connectivity index (χ3v) is 5.35. The summed E-state index contributed by atoms with van der Waals surface area (Å²) in [6.45, 7) is -0.0941. The van der Waals surface area contributed by atoms with Gasteiger partial charge in [0.25, 0.3) is 0 Å². The quantitative estimate of drug-likeness (QED) is 0.650. The lowest BCUT2D eigenvalue weighted by Gasteiger charge is -2.21. The van der Waals surface area contributed by atoms with Crippen LogP contribution in [0.3, 0.4) is 0 Å². The van der Waals surface area contributed by atoms with Crippen molar-refractivity contribution in [3.05, 3.63) is 48.0 Å². The largest absolute Gasteiger partial charge is 0.593 e. The summed E-state index contributed by atoms with van der Waals surface area (Å²) in [5.41, 5.74) is 0.924. The molecule has 1 unspecified atom stereocenters. The molecule has 0 spiro atoms. The molecule has 2 N–H and O–H groups in total. The monoisotopic (exact) mass is 393 g/mol. The Morgan fingerprint density at radius 3 is 3.11 bits per heavy atom. The van der Waals surface area contributed by atoms with Crippen LogP contribution in [0.5, 0.6) is 5.75 Å². The lowest BCUT2D eigenvalue weighted by atomic mass is 10.0. The molecule has 1 aliphatic rings. The van der Waals surface area contributed by atoms with Crippen LogP contribution < -0.4 is 14.8 Å². The van der Waals surface area contributed by atoms with E-state index < -0.39 is 29.9 Å². The molecule has 0 amide bonds. The van der Waals surface area contributed by atoms with Crippen molar-refractivity contribution in [3.8, 4) is 5.75 Å². The standard InChI is InChI=1S/C17H17F2N5O2S/c18-5-3-13-12-9-11(19)1-2-14(12)26-8-6-21-27(25)15-10-20-24-7-4-16(22-13)23-17(15)24/h1-2,4,7,9-10,13,21H,3,5-6,8H2,(H,22,23)/t13-,27?/m1/s1. The summed E-state index contributed by atoms with van der Waals surface area (Å²) in [5, 5.41) is 7.27. The minimum atomic E-state index is -1.52. The van der Waals surface area contributed by atoms with Crippen molar-refractivity contribution >= 4 is 22.8 Å². The Labute approximate surface area is 157 Å². The summed E-state index contributed by atoms with van der Waals surface area (Å²) >= 11 is -1.52. The third kappa shape index (κ3) is 3.68. The molecule has 2 atom stereocenters. The fourth-order valence-electron chi connectivity index (χ4n) is 2.95. The molecule has 1 aromatic carbocycles. The van der Waals surface area contributed by atoms with Crippen LogP contribution >= 0.6 is 0 Å². The molecular formula is C17H17F2N5O2S. The Morgan fingerprint density at radius 2 is 2.26 bits per heavy atom. The maximum Gasteiger partial charge on any atom is 0.238 e. The maximum absolute atomic E-state index is 13.8. The molecule has 142 valence electrons. The van der Waals surface area contributed by atoms with E-state index in [0.717, 1.165) is 0 Å². The average molecular weight is 393 g/mol. The number of alkyl halides is 1. The van der Waals surface area contributed by atoms with Gasteiger partial charge in [0.2, 0.25) is 10.5 Å².